The zero-order valence-corrected chi connectivity index (χ0v) is 9.94. The number of aromatic nitrogens is 2. The molecule has 0 fully saturated rings. The number of aryl methyl sites for hydroxylation is 2. The van der Waals surface area contributed by atoms with Crippen molar-refractivity contribution in [1.82, 2.24) is 9.78 Å². The van der Waals surface area contributed by atoms with Crippen molar-refractivity contribution in [2.75, 3.05) is 5.75 Å². The first kappa shape index (κ1) is 11.1. The third kappa shape index (κ3) is 2.79. The van der Waals surface area contributed by atoms with Gasteiger partial charge in [0.1, 0.15) is 5.75 Å². The average Bonchev–Trinajstić information content (AvgIpc) is 2.67. The van der Waals surface area contributed by atoms with E-state index >= 15 is 0 Å². The lowest BCUT2D eigenvalue weighted by molar-refractivity contribution is 0.462. The van der Waals surface area contributed by atoms with Crippen LogP contribution in [-0.2, 0) is 13.5 Å². The van der Waals surface area contributed by atoms with Crippen LogP contribution in [0.2, 0.25) is 0 Å². The van der Waals surface area contributed by atoms with E-state index in [2.05, 4.69) is 5.10 Å². The molecular formula is C12H14N2OS. The molecular weight excluding hydrogens is 220 g/mol. The number of aromatic hydroxyl groups is 1. The van der Waals surface area contributed by atoms with Crippen LogP contribution in [-0.4, -0.2) is 20.6 Å². The van der Waals surface area contributed by atoms with Gasteiger partial charge < -0.3 is 5.11 Å². The minimum Gasteiger partial charge on any atom is -0.507 e. The summed E-state index contributed by atoms with van der Waals surface area (Å²) in [6, 6.07) is 7.42. The SMILES string of the molecule is Cn1cc(CCSc2ccccc2O)cn1. The Morgan fingerprint density at radius 2 is 2.19 bits per heavy atom. The van der Waals surface area contributed by atoms with Crippen molar-refractivity contribution in [2.45, 2.75) is 11.3 Å². The summed E-state index contributed by atoms with van der Waals surface area (Å²) < 4.78 is 1.81. The van der Waals surface area contributed by atoms with Crippen LogP contribution in [0.15, 0.2) is 41.6 Å². The van der Waals surface area contributed by atoms with Crippen molar-refractivity contribution < 1.29 is 5.11 Å². The molecule has 0 aliphatic rings. The standard InChI is InChI=1S/C12H14N2OS/c1-14-9-10(8-13-14)6-7-16-12-5-3-2-4-11(12)15/h2-5,8-9,15H,6-7H2,1H3. The number of hydrogen-bond acceptors (Lipinski definition) is 3. The van der Waals surface area contributed by atoms with Crippen LogP contribution in [0.25, 0.3) is 0 Å². The Balaban J connectivity index is 1.87. The summed E-state index contributed by atoms with van der Waals surface area (Å²) >= 11 is 1.66. The Labute approximate surface area is 99.1 Å². The fourth-order valence-electron chi connectivity index (χ4n) is 1.46. The Kier molecular flexibility index (Phi) is 3.51. The van der Waals surface area contributed by atoms with Gasteiger partial charge in [-0.1, -0.05) is 12.1 Å². The predicted molar refractivity (Wildman–Crippen MR) is 65.7 cm³/mol. The van der Waals surface area contributed by atoms with Crippen molar-refractivity contribution >= 4 is 11.8 Å². The van der Waals surface area contributed by atoms with E-state index in [0.717, 1.165) is 17.1 Å². The summed E-state index contributed by atoms with van der Waals surface area (Å²) in [5.41, 5.74) is 1.23. The van der Waals surface area contributed by atoms with Gasteiger partial charge in [0.25, 0.3) is 0 Å². The highest BCUT2D eigenvalue weighted by Crippen LogP contribution is 2.27. The molecule has 1 N–H and O–H groups in total. The van der Waals surface area contributed by atoms with E-state index in [9.17, 15) is 5.11 Å². The molecule has 3 nitrogen and oxygen atoms in total. The van der Waals surface area contributed by atoms with E-state index in [1.54, 1.807) is 22.5 Å². The Bertz CT molecular complexity index is 468. The van der Waals surface area contributed by atoms with Crippen molar-refractivity contribution in [3.05, 3.63) is 42.2 Å². The zero-order chi connectivity index (χ0) is 11.4. The average molecular weight is 234 g/mol. The van der Waals surface area contributed by atoms with E-state index < -0.39 is 0 Å². The maximum atomic E-state index is 9.57. The summed E-state index contributed by atoms with van der Waals surface area (Å²) in [6.45, 7) is 0. The Morgan fingerprint density at radius 3 is 2.88 bits per heavy atom. The maximum absolute atomic E-state index is 9.57. The van der Waals surface area contributed by atoms with Gasteiger partial charge in [0.05, 0.1) is 6.20 Å². The molecule has 4 heteroatoms. The fourth-order valence-corrected chi connectivity index (χ4v) is 2.41. The summed E-state index contributed by atoms with van der Waals surface area (Å²) in [4.78, 5) is 0.936. The van der Waals surface area contributed by atoms with Crippen LogP contribution in [0.4, 0.5) is 0 Å². The van der Waals surface area contributed by atoms with Crippen LogP contribution in [0.3, 0.4) is 0 Å². The van der Waals surface area contributed by atoms with E-state index in [0.29, 0.717) is 5.75 Å². The van der Waals surface area contributed by atoms with Gasteiger partial charge in [0.2, 0.25) is 0 Å². The highest BCUT2D eigenvalue weighted by molar-refractivity contribution is 7.99. The van der Waals surface area contributed by atoms with Crippen molar-refractivity contribution in [3.8, 4) is 5.75 Å². The maximum Gasteiger partial charge on any atom is 0.129 e. The lowest BCUT2D eigenvalue weighted by atomic mass is 10.3. The second-order valence-electron chi connectivity index (χ2n) is 3.59. The molecule has 1 heterocycles. The third-order valence-electron chi connectivity index (χ3n) is 2.27. The molecule has 0 unspecified atom stereocenters. The molecule has 1 aromatic carbocycles. The van der Waals surface area contributed by atoms with E-state index in [4.69, 9.17) is 0 Å². The highest BCUT2D eigenvalue weighted by atomic mass is 32.2. The molecule has 0 aliphatic heterocycles. The van der Waals surface area contributed by atoms with Gasteiger partial charge in [0, 0.05) is 23.9 Å². The van der Waals surface area contributed by atoms with Gasteiger partial charge in [-0.3, -0.25) is 4.68 Å². The molecule has 2 aromatic rings. The number of phenols is 1. The van der Waals surface area contributed by atoms with Crippen LogP contribution in [0, 0.1) is 0 Å². The minimum atomic E-state index is 0.360. The minimum absolute atomic E-state index is 0.360. The van der Waals surface area contributed by atoms with Crippen molar-refractivity contribution in [3.63, 3.8) is 0 Å². The first-order chi connectivity index (χ1) is 7.75. The molecule has 2 rings (SSSR count). The van der Waals surface area contributed by atoms with Gasteiger partial charge in [-0.2, -0.15) is 5.10 Å². The number of thioether (sulfide) groups is 1. The zero-order valence-electron chi connectivity index (χ0n) is 9.13. The van der Waals surface area contributed by atoms with Gasteiger partial charge in [0.15, 0.2) is 0 Å². The number of benzene rings is 1. The lowest BCUT2D eigenvalue weighted by Gasteiger charge is -2.02. The van der Waals surface area contributed by atoms with Crippen LogP contribution >= 0.6 is 11.8 Å². The number of nitrogens with zero attached hydrogens (tertiary/aromatic N) is 2. The summed E-state index contributed by atoms with van der Waals surface area (Å²) in [5.74, 6) is 1.31. The molecule has 1 aromatic heterocycles. The Morgan fingerprint density at radius 1 is 1.38 bits per heavy atom. The quantitative estimate of drug-likeness (QED) is 0.826. The summed E-state index contributed by atoms with van der Waals surface area (Å²) in [6.07, 6.45) is 4.86. The van der Waals surface area contributed by atoms with Crippen molar-refractivity contribution in [1.29, 1.82) is 0 Å². The van der Waals surface area contributed by atoms with E-state index in [-0.39, 0.29) is 0 Å². The summed E-state index contributed by atoms with van der Waals surface area (Å²) in [5, 5.41) is 13.7. The van der Waals surface area contributed by atoms with Gasteiger partial charge in [-0.15, -0.1) is 11.8 Å². The molecule has 0 amide bonds. The third-order valence-corrected chi connectivity index (χ3v) is 3.34. The summed E-state index contributed by atoms with van der Waals surface area (Å²) in [7, 11) is 1.92. The molecule has 0 bridgehead atoms. The van der Waals surface area contributed by atoms with Gasteiger partial charge in [-0.05, 0) is 24.1 Å². The molecule has 0 saturated heterocycles. The second-order valence-corrected chi connectivity index (χ2v) is 4.73. The topological polar surface area (TPSA) is 38.0 Å². The molecule has 0 atom stereocenters. The molecule has 0 radical (unpaired) electrons. The Hall–Kier alpha value is -1.42. The van der Waals surface area contributed by atoms with Crippen LogP contribution in [0.5, 0.6) is 5.75 Å². The normalized spacial score (nSPS) is 10.6. The predicted octanol–water partition coefficient (Wildman–Crippen LogP) is 2.46. The smallest absolute Gasteiger partial charge is 0.129 e. The van der Waals surface area contributed by atoms with Gasteiger partial charge >= 0.3 is 0 Å². The van der Waals surface area contributed by atoms with Crippen LogP contribution < -0.4 is 0 Å². The lowest BCUT2D eigenvalue weighted by Crippen LogP contribution is -1.87. The van der Waals surface area contributed by atoms with Crippen molar-refractivity contribution in [2.24, 2.45) is 7.05 Å². The molecule has 0 aliphatic carbocycles. The number of hydrogen-bond donors (Lipinski definition) is 1. The van der Waals surface area contributed by atoms with Gasteiger partial charge in [-0.25, -0.2) is 0 Å². The van der Waals surface area contributed by atoms with Crippen LogP contribution in [0.1, 0.15) is 5.56 Å². The second kappa shape index (κ2) is 5.07. The fraction of sp³-hybridized carbons (Fsp3) is 0.250. The first-order valence-corrected chi connectivity index (χ1v) is 6.12. The monoisotopic (exact) mass is 234 g/mol. The highest BCUT2D eigenvalue weighted by Gasteiger charge is 2.01. The molecule has 0 saturated carbocycles. The van der Waals surface area contributed by atoms with E-state index in [1.807, 2.05) is 37.6 Å². The largest absolute Gasteiger partial charge is 0.507 e. The molecule has 0 spiro atoms. The number of rotatable bonds is 4. The number of phenolic OH excluding ortho intramolecular Hbond substituents is 1. The first-order valence-electron chi connectivity index (χ1n) is 5.14. The molecule has 16 heavy (non-hydrogen) atoms. The number of para-hydroxylation sites is 1. The molecule has 84 valence electrons. The van der Waals surface area contributed by atoms with E-state index in [1.165, 1.54) is 5.56 Å².